The summed E-state index contributed by atoms with van der Waals surface area (Å²) in [6.07, 6.45) is -7.67. The van der Waals surface area contributed by atoms with Crippen molar-refractivity contribution >= 4 is 34.9 Å². The second-order valence-electron chi connectivity index (χ2n) is 8.00. The van der Waals surface area contributed by atoms with Crippen LogP contribution in [0.15, 0.2) is 18.2 Å². The molecule has 1 fully saturated rings. The average molecular weight is 488 g/mol. The Morgan fingerprint density at radius 1 is 1.24 bits per heavy atom. The van der Waals surface area contributed by atoms with Crippen LogP contribution >= 0.6 is 11.6 Å². The van der Waals surface area contributed by atoms with E-state index in [-0.39, 0.29) is 16.4 Å². The quantitative estimate of drug-likeness (QED) is 0.649. The Morgan fingerprint density at radius 2 is 1.91 bits per heavy atom. The Morgan fingerprint density at radius 3 is 2.48 bits per heavy atom. The molecule has 33 heavy (non-hydrogen) atoms. The van der Waals surface area contributed by atoms with E-state index in [0.29, 0.717) is 34.9 Å². The number of hydrogen-bond acceptors (Lipinski definition) is 5. The van der Waals surface area contributed by atoms with Gasteiger partial charge in [-0.3, -0.25) is 14.5 Å². The lowest BCUT2D eigenvalue weighted by Gasteiger charge is -2.31. The summed E-state index contributed by atoms with van der Waals surface area (Å²) in [6, 6.07) is 0.643. The summed E-state index contributed by atoms with van der Waals surface area (Å²) < 4.78 is 54.6. The molecule has 1 aliphatic carbocycles. The molecule has 2 aromatic rings. The summed E-state index contributed by atoms with van der Waals surface area (Å²) in [4.78, 5) is 31.1. The number of nitrogens with zero attached hydrogens (tertiary/aromatic N) is 3. The number of aliphatic hydroxyl groups is 2. The van der Waals surface area contributed by atoms with E-state index in [9.17, 15) is 37.4 Å². The molecule has 0 bridgehead atoms. The van der Waals surface area contributed by atoms with E-state index < -0.39 is 53.4 Å². The first kappa shape index (κ1) is 23.4. The molecule has 4 rings (SSSR count). The maximum atomic E-state index is 14.7. The Hall–Kier alpha value is -2.76. The molecule has 0 saturated carbocycles. The zero-order valence-electron chi connectivity index (χ0n) is 17.3. The number of pyridine rings is 1. The highest BCUT2D eigenvalue weighted by Gasteiger charge is 2.53. The zero-order chi connectivity index (χ0) is 24.4. The van der Waals surface area contributed by atoms with Crippen LogP contribution in [0.5, 0.6) is 0 Å². The van der Waals surface area contributed by atoms with Crippen LogP contribution < -0.4 is 9.80 Å². The van der Waals surface area contributed by atoms with E-state index in [4.69, 9.17) is 11.6 Å². The fourth-order valence-corrected chi connectivity index (χ4v) is 4.52. The molecular formula is C21H18ClF4N3O4. The number of aromatic nitrogens is 1. The van der Waals surface area contributed by atoms with Crippen molar-refractivity contribution in [2.45, 2.75) is 44.2 Å². The topological polar surface area (TPSA) is 94.0 Å². The van der Waals surface area contributed by atoms with Gasteiger partial charge in [-0.15, -0.1) is 0 Å². The number of aryl methyl sites for hydroxylation is 2. The lowest BCUT2D eigenvalue weighted by atomic mass is 9.87. The van der Waals surface area contributed by atoms with E-state index in [1.807, 2.05) is 0 Å². The van der Waals surface area contributed by atoms with Crippen molar-refractivity contribution in [3.8, 4) is 0 Å². The van der Waals surface area contributed by atoms with Crippen molar-refractivity contribution < 1.29 is 37.4 Å². The molecule has 1 saturated heterocycles. The molecule has 7 nitrogen and oxygen atoms in total. The monoisotopic (exact) mass is 487 g/mol. The molecule has 1 aliphatic heterocycles. The number of aliphatic hydroxyl groups excluding tert-OH is 2. The molecule has 0 spiro atoms. The van der Waals surface area contributed by atoms with E-state index in [0.717, 1.165) is 18.0 Å². The van der Waals surface area contributed by atoms with Crippen LogP contribution in [-0.4, -0.2) is 52.3 Å². The van der Waals surface area contributed by atoms with Crippen LogP contribution in [0.1, 0.15) is 22.4 Å². The largest absolute Gasteiger partial charge is 0.416 e. The molecule has 2 amide bonds. The minimum Gasteiger partial charge on any atom is -0.387 e. The number of carbonyl (C=O) groups is 2. The number of alkyl halides is 3. The van der Waals surface area contributed by atoms with Crippen LogP contribution in [0.4, 0.5) is 29.1 Å². The van der Waals surface area contributed by atoms with Gasteiger partial charge < -0.3 is 15.1 Å². The second-order valence-corrected chi connectivity index (χ2v) is 8.38. The zero-order valence-corrected chi connectivity index (χ0v) is 18.1. The average Bonchev–Trinajstić information content (AvgIpc) is 2.92. The van der Waals surface area contributed by atoms with Crippen molar-refractivity contribution in [1.82, 2.24) is 4.98 Å². The number of fused-ring (bicyclic) bond motifs is 1. The molecule has 2 N–H and O–H groups in total. The van der Waals surface area contributed by atoms with Gasteiger partial charge in [-0.1, -0.05) is 11.6 Å². The highest BCUT2D eigenvalue weighted by Crippen LogP contribution is 2.40. The number of amides is 2. The fraction of sp³-hybridized carbons (Fsp3) is 0.381. The summed E-state index contributed by atoms with van der Waals surface area (Å²) in [7, 11) is 1.16. The first-order chi connectivity index (χ1) is 15.3. The highest BCUT2D eigenvalue weighted by molar-refractivity contribution is 6.35. The van der Waals surface area contributed by atoms with E-state index in [1.165, 1.54) is 13.0 Å². The summed E-state index contributed by atoms with van der Waals surface area (Å²) in [5.41, 5.74) is -0.194. The summed E-state index contributed by atoms with van der Waals surface area (Å²) in [5, 5.41) is 20.5. The minimum absolute atomic E-state index is 0.00829. The van der Waals surface area contributed by atoms with Crippen molar-refractivity contribution in [1.29, 1.82) is 0 Å². The molecule has 1 aromatic carbocycles. The maximum absolute atomic E-state index is 14.7. The lowest BCUT2D eigenvalue weighted by Crippen LogP contribution is -2.50. The smallest absolute Gasteiger partial charge is 0.387 e. The third-order valence-corrected chi connectivity index (χ3v) is 6.29. The number of likely N-dealkylation sites (N-methyl/N-ethyl adjacent to an activating group) is 1. The Labute approximate surface area is 190 Å². The number of carbonyl (C=O) groups excluding carboxylic acids is 2. The summed E-state index contributed by atoms with van der Waals surface area (Å²) >= 11 is 6.28. The minimum atomic E-state index is -4.78. The molecule has 3 unspecified atom stereocenters. The number of halogens is 5. The summed E-state index contributed by atoms with van der Waals surface area (Å²) in [5.74, 6) is -3.68. The number of anilines is 2. The SMILES string of the molecule is Cc1cc(C(F)(F)F)cc(N2C(=O)C(O)C(O)C2C(=O)N(C)c2c(F)cc3c(c2Cl)CC3)n1. The predicted octanol–water partition coefficient (Wildman–Crippen LogP) is 2.40. The van der Waals surface area contributed by atoms with Crippen LogP contribution in [0.25, 0.3) is 0 Å². The van der Waals surface area contributed by atoms with Crippen molar-refractivity contribution in [3.05, 3.63) is 51.4 Å². The molecule has 3 atom stereocenters. The van der Waals surface area contributed by atoms with Gasteiger partial charge in [0.05, 0.1) is 16.3 Å². The molecule has 2 aliphatic rings. The van der Waals surface area contributed by atoms with Gasteiger partial charge in [-0.25, -0.2) is 9.37 Å². The van der Waals surface area contributed by atoms with Gasteiger partial charge >= 0.3 is 6.18 Å². The molecule has 176 valence electrons. The predicted molar refractivity (Wildman–Crippen MR) is 109 cm³/mol. The van der Waals surface area contributed by atoms with Gasteiger partial charge in [0.25, 0.3) is 11.8 Å². The van der Waals surface area contributed by atoms with Crippen molar-refractivity contribution in [2.24, 2.45) is 0 Å². The van der Waals surface area contributed by atoms with Crippen molar-refractivity contribution in [2.75, 3.05) is 16.8 Å². The lowest BCUT2D eigenvalue weighted by molar-refractivity contribution is -0.137. The van der Waals surface area contributed by atoms with Gasteiger partial charge in [-0.2, -0.15) is 13.2 Å². The fourth-order valence-electron chi connectivity index (χ4n) is 4.09. The maximum Gasteiger partial charge on any atom is 0.416 e. The molecule has 1 aromatic heterocycles. The molecule has 12 heteroatoms. The van der Waals surface area contributed by atoms with E-state index in [1.54, 1.807) is 0 Å². The van der Waals surface area contributed by atoms with Gasteiger partial charge in [-0.05, 0) is 49.1 Å². The number of hydrogen-bond donors (Lipinski definition) is 2. The normalized spacial score (nSPS) is 22.3. The molecule has 0 radical (unpaired) electrons. The summed E-state index contributed by atoms with van der Waals surface area (Å²) in [6.45, 7) is 1.26. The van der Waals surface area contributed by atoms with Crippen LogP contribution in [0, 0.1) is 12.7 Å². The van der Waals surface area contributed by atoms with Crippen LogP contribution in [0.3, 0.4) is 0 Å². The molecular weight excluding hydrogens is 470 g/mol. The number of benzene rings is 1. The van der Waals surface area contributed by atoms with Crippen LogP contribution in [0.2, 0.25) is 5.02 Å². The van der Waals surface area contributed by atoms with Crippen LogP contribution in [-0.2, 0) is 28.6 Å². The Bertz CT molecular complexity index is 1170. The Kier molecular flexibility index (Phi) is 5.62. The van der Waals surface area contributed by atoms with Gasteiger partial charge in [0.2, 0.25) is 0 Å². The van der Waals surface area contributed by atoms with Gasteiger partial charge in [0.15, 0.2) is 6.10 Å². The number of rotatable bonds is 3. The van der Waals surface area contributed by atoms with E-state index in [2.05, 4.69) is 4.98 Å². The molecule has 2 heterocycles. The highest BCUT2D eigenvalue weighted by atomic mass is 35.5. The van der Waals surface area contributed by atoms with Crippen molar-refractivity contribution in [3.63, 3.8) is 0 Å². The standard InChI is InChI=1S/C21H18ClF4N3O4/c1-8-5-10(21(24,25)26)7-13(27-8)29-16(17(30)18(31)20(29)33)19(32)28(2)15-12(23)6-9-3-4-11(9)14(15)22/h5-7,16-18,30-31H,3-4H2,1-2H3. The van der Waals surface area contributed by atoms with Gasteiger partial charge in [0, 0.05) is 12.7 Å². The third kappa shape index (κ3) is 3.73. The Balaban J connectivity index is 1.78. The first-order valence-corrected chi connectivity index (χ1v) is 10.2. The van der Waals surface area contributed by atoms with Gasteiger partial charge in [0.1, 0.15) is 23.8 Å². The third-order valence-electron chi connectivity index (χ3n) is 5.88. The first-order valence-electron chi connectivity index (χ1n) is 9.85. The van der Waals surface area contributed by atoms with E-state index >= 15 is 0 Å². The second kappa shape index (κ2) is 7.93.